The van der Waals surface area contributed by atoms with Crippen LogP contribution in [0.15, 0.2) is 36.4 Å². The quantitative estimate of drug-likeness (QED) is 0.905. The minimum Gasteiger partial charge on any atom is -0.479 e. The lowest BCUT2D eigenvalue weighted by atomic mass is 10.1. The van der Waals surface area contributed by atoms with Crippen molar-refractivity contribution in [1.29, 1.82) is 0 Å². The molecule has 24 heavy (non-hydrogen) atoms. The normalized spacial score (nSPS) is 12.8. The summed E-state index contributed by atoms with van der Waals surface area (Å²) in [6.45, 7) is -0.212. The van der Waals surface area contributed by atoms with Gasteiger partial charge >= 0.3 is 0 Å². The van der Waals surface area contributed by atoms with Crippen LogP contribution in [0.2, 0.25) is 0 Å². The maximum absolute atomic E-state index is 13.6. The molecule has 2 aromatic carbocycles. The number of carbonyl (C=O) groups is 2. The zero-order valence-corrected chi connectivity index (χ0v) is 12.6. The van der Waals surface area contributed by atoms with Crippen molar-refractivity contribution in [1.82, 2.24) is 0 Å². The number of amides is 2. The van der Waals surface area contributed by atoms with E-state index in [9.17, 15) is 18.4 Å². The number of aryl methyl sites for hydroxylation is 1. The summed E-state index contributed by atoms with van der Waals surface area (Å²) in [4.78, 5) is 23.3. The van der Waals surface area contributed by atoms with E-state index in [1.54, 1.807) is 18.2 Å². The molecule has 0 saturated carbocycles. The molecule has 5 nitrogen and oxygen atoms in total. The zero-order valence-electron chi connectivity index (χ0n) is 12.6. The third kappa shape index (κ3) is 3.51. The predicted molar refractivity (Wildman–Crippen MR) is 83.9 cm³/mol. The van der Waals surface area contributed by atoms with Crippen LogP contribution < -0.4 is 15.4 Å². The Labute approximate surface area is 136 Å². The molecule has 7 heteroatoms. The Balaban J connectivity index is 1.71. The van der Waals surface area contributed by atoms with E-state index in [4.69, 9.17) is 4.74 Å². The monoisotopic (exact) mass is 332 g/mol. The van der Waals surface area contributed by atoms with E-state index in [0.29, 0.717) is 5.56 Å². The minimum absolute atomic E-state index is 0.0264. The second-order valence-corrected chi connectivity index (χ2v) is 5.31. The van der Waals surface area contributed by atoms with Gasteiger partial charge in [0.05, 0.1) is 11.4 Å². The lowest BCUT2D eigenvalue weighted by Gasteiger charge is -2.21. The van der Waals surface area contributed by atoms with Crippen molar-refractivity contribution in [3.63, 3.8) is 0 Å². The third-order valence-electron chi connectivity index (χ3n) is 3.53. The van der Waals surface area contributed by atoms with E-state index >= 15 is 0 Å². The van der Waals surface area contributed by atoms with E-state index in [0.717, 1.165) is 12.1 Å². The summed E-state index contributed by atoms with van der Waals surface area (Å²) < 4.78 is 32.4. The molecule has 0 unspecified atom stereocenters. The molecule has 0 atom stereocenters. The standard InChI is InChI=1S/C17H14F2N2O3/c18-11-7-13(17-14(8-11)21-16(23)9-24-17)20-15(22)6-5-10-3-1-2-4-12(10)19/h1-4,7-8H,5-6,9H2,(H,20,22)(H,21,23). The van der Waals surface area contributed by atoms with Gasteiger partial charge in [-0.25, -0.2) is 8.78 Å². The predicted octanol–water partition coefficient (Wildman–Crippen LogP) is 2.87. The van der Waals surface area contributed by atoms with Crippen molar-refractivity contribution in [2.45, 2.75) is 12.8 Å². The highest BCUT2D eigenvalue weighted by Gasteiger charge is 2.21. The molecule has 1 heterocycles. The molecule has 3 rings (SSSR count). The van der Waals surface area contributed by atoms with Gasteiger partial charge in [-0.15, -0.1) is 0 Å². The molecule has 1 aliphatic heterocycles. The number of hydrogen-bond acceptors (Lipinski definition) is 3. The Morgan fingerprint density at radius 1 is 1.25 bits per heavy atom. The molecule has 1 aliphatic rings. The number of anilines is 2. The molecular weight excluding hydrogens is 318 g/mol. The Hall–Kier alpha value is -2.96. The maximum atomic E-state index is 13.6. The van der Waals surface area contributed by atoms with Crippen LogP contribution >= 0.6 is 0 Å². The van der Waals surface area contributed by atoms with Gasteiger partial charge in [0, 0.05) is 18.6 Å². The van der Waals surface area contributed by atoms with Crippen LogP contribution in [0.5, 0.6) is 5.75 Å². The van der Waals surface area contributed by atoms with Gasteiger partial charge in [0.1, 0.15) is 11.6 Å². The van der Waals surface area contributed by atoms with Crippen LogP contribution in [0.4, 0.5) is 20.2 Å². The van der Waals surface area contributed by atoms with E-state index in [1.807, 2.05) is 0 Å². The molecule has 0 aromatic heterocycles. The summed E-state index contributed by atoms with van der Waals surface area (Å²) in [6, 6.07) is 8.41. The Bertz CT molecular complexity index is 808. The van der Waals surface area contributed by atoms with Gasteiger partial charge < -0.3 is 15.4 Å². The SMILES string of the molecule is O=C(CCc1ccccc1F)Nc1cc(F)cc2c1OCC(=O)N2. The highest BCUT2D eigenvalue weighted by molar-refractivity contribution is 6.00. The third-order valence-corrected chi connectivity index (χ3v) is 3.53. The number of rotatable bonds is 4. The molecule has 124 valence electrons. The molecule has 2 aromatic rings. The maximum Gasteiger partial charge on any atom is 0.262 e. The number of nitrogens with one attached hydrogen (secondary N) is 2. The summed E-state index contributed by atoms with van der Waals surface area (Å²) in [5.74, 6) is -1.60. The van der Waals surface area contributed by atoms with Gasteiger partial charge in [0.2, 0.25) is 5.91 Å². The number of fused-ring (bicyclic) bond motifs is 1. The number of ether oxygens (including phenoxy) is 1. The van der Waals surface area contributed by atoms with Crippen molar-refractivity contribution in [3.8, 4) is 5.75 Å². The number of halogens is 2. The van der Waals surface area contributed by atoms with Crippen LogP contribution in [-0.4, -0.2) is 18.4 Å². The van der Waals surface area contributed by atoms with Crippen LogP contribution in [0, 0.1) is 11.6 Å². The van der Waals surface area contributed by atoms with Gasteiger partial charge in [0.25, 0.3) is 5.91 Å². The first-order valence-electron chi connectivity index (χ1n) is 7.32. The Kier molecular flexibility index (Phi) is 4.41. The second kappa shape index (κ2) is 6.66. The summed E-state index contributed by atoms with van der Waals surface area (Å²) in [5, 5.41) is 5.01. The van der Waals surface area contributed by atoms with Crippen LogP contribution in [-0.2, 0) is 16.0 Å². The summed E-state index contributed by atoms with van der Waals surface area (Å²) in [7, 11) is 0. The minimum atomic E-state index is -0.621. The molecule has 0 fully saturated rings. The first-order valence-corrected chi connectivity index (χ1v) is 7.32. The average molecular weight is 332 g/mol. The van der Waals surface area contributed by atoms with Gasteiger partial charge in [-0.05, 0) is 18.1 Å². The Morgan fingerprint density at radius 2 is 2.04 bits per heavy atom. The molecule has 0 bridgehead atoms. The molecule has 0 aliphatic carbocycles. The van der Waals surface area contributed by atoms with E-state index in [1.165, 1.54) is 6.07 Å². The van der Waals surface area contributed by atoms with Gasteiger partial charge in [-0.3, -0.25) is 9.59 Å². The fraction of sp³-hybridized carbons (Fsp3) is 0.176. The fourth-order valence-electron chi connectivity index (χ4n) is 2.42. The largest absolute Gasteiger partial charge is 0.479 e. The molecule has 0 spiro atoms. The smallest absolute Gasteiger partial charge is 0.262 e. The second-order valence-electron chi connectivity index (χ2n) is 5.31. The zero-order chi connectivity index (χ0) is 17.1. The first-order chi connectivity index (χ1) is 11.5. The van der Waals surface area contributed by atoms with Gasteiger partial charge in [-0.2, -0.15) is 0 Å². The summed E-state index contributed by atoms with van der Waals surface area (Å²) in [5.41, 5.74) is 0.719. The highest BCUT2D eigenvalue weighted by atomic mass is 19.1. The highest BCUT2D eigenvalue weighted by Crippen LogP contribution is 2.36. The molecule has 2 amide bonds. The van der Waals surface area contributed by atoms with E-state index in [2.05, 4.69) is 10.6 Å². The van der Waals surface area contributed by atoms with Crippen molar-refractivity contribution in [2.24, 2.45) is 0 Å². The average Bonchev–Trinajstić information content (AvgIpc) is 2.53. The van der Waals surface area contributed by atoms with Crippen molar-refractivity contribution in [2.75, 3.05) is 17.2 Å². The molecular formula is C17H14F2N2O3. The lowest BCUT2D eigenvalue weighted by molar-refractivity contribution is -0.118. The lowest BCUT2D eigenvalue weighted by Crippen LogP contribution is -2.26. The first kappa shape index (κ1) is 15.9. The van der Waals surface area contributed by atoms with Crippen molar-refractivity contribution >= 4 is 23.2 Å². The number of carbonyl (C=O) groups excluding carboxylic acids is 2. The van der Waals surface area contributed by atoms with Gasteiger partial charge in [0.15, 0.2) is 12.4 Å². The van der Waals surface area contributed by atoms with E-state index in [-0.39, 0.29) is 42.4 Å². The summed E-state index contributed by atoms with van der Waals surface area (Å²) >= 11 is 0. The number of benzene rings is 2. The fourth-order valence-corrected chi connectivity index (χ4v) is 2.42. The van der Waals surface area contributed by atoms with Crippen LogP contribution in [0.3, 0.4) is 0 Å². The summed E-state index contributed by atoms with van der Waals surface area (Å²) in [6.07, 6.45) is 0.242. The Morgan fingerprint density at radius 3 is 2.83 bits per heavy atom. The molecule has 2 N–H and O–H groups in total. The van der Waals surface area contributed by atoms with Gasteiger partial charge in [-0.1, -0.05) is 18.2 Å². The molecule has 0 radical (unpaired) electrons. The van der Waals surface area contributed by atoms with Crippen LogP contribution in [0.25, 0.3) is 0 Å². The number of hydrogen-bond donors (Lipinski definition) is 2. The van der Waals surface area contributed by atoms with Crippen molar-refractivity contribution < 1.29 is 23.1 Å². The van der Waals surface area contributed by atoms with Crippen molar-refractivity contribution in [3.05, 3.63) is 53.6 Å². The van der Waals surface area contributed by atoms with Crippen LogP contribution in [0.1, 0.15) is 12.0 Å². The van der Waals surface area contributed by atoms with E-state index < -0.39 is 17.6 Å². The molecule has 0 saturated heterocycles. The topological polar surface area (TPSA) is 67.4 Å².